The number of nitrogens with one attached hydrogen (secondary N) is 3. The van der Waals surface area contributed by atoms with Gasteiger partial charge in [-0.2, -0.15) is 5.10 Å². The summed E-state index contributed by atoms with van der Waals surface area (Å²) in [6, 6.07) is 5.91. The molecule has 0 saturated heterocycles. The van der Waals surface area contributed by atoms with Gasteiger partial charge in [-0.05, 0) is 43.0 Å². The number of aromatic amines is 1. The van der Waals surface area contributed by atoms with Gasteiger partial charge in [0.05, 0.1) is 12.1 Å². The third kappa shape index (κ3) is 3.54. The summed E-state index contributed by atoms with van der Waals surface area (Å²) in [5.74, 6) is 1.13. The number of aromatic nitrogens is 3. The van der Waals surface area contributed by atoms with Gasteiger partial charge in [-0.15, -0.1) is 0 Å². The van der Waals surface area contributed by atoms with Gasteiger partial charge in [-0.1, -0.05) is 12.1 Å². The second-order valence-corrected chi connectivity index (χ2v) is 6.44. The highest BCUT2D eigenvalue weighted by atomic mass is 16.1. The molecule has 2 aromatic rings. The first-order valence-corrected chi connectivity index (χ1v) is 8.48. The molecular weight excluding hydrogens is 302 g/mol. The summed E-state index contributed by atoms with van der Waals surface area (Å²) in [6.07, 6.45) is 7.68. The van der Waals surface area contributed by atoms with Crippen LogP contribution in [0.5, 0.6) is 0 Å². The Morgan fingerprint density at radius 3 is 2.96 bits per heavy atom. The van der Waals surface area contributed by atoms with E-state index in [0.717, 1.165) is 36.5 Å². The molecule has 3 N–H and O–H groups in total. The Morgan fingerprint density at radius 2 is 2.25 bits per heavy atom. The average Bonchev–Trinajstić information content (AvgIpc) is 3.36. The van der Waals surface area contributed by atoms with Crippen LogP contribution in [0.4, 0.5) is 5.82 Å². The Morgan fingerprint density at radius 1 is 1.33 bits per heavy atom. The number of nitrogens with zero attached hydrogens (tertiary/aromatic N) is 2. The predicted octanol–water partition coefficient (Wildman–Crippen LogP) is 2.24. The van der Waals surface area contributed by atoms with Crippen molar-refractivity contribution < 1.29 is 4.79 Å². The largest absolute Gasteiger partial charge is 0.313 e. The Bertz CT molecular complexity index is 758. The quantitative estimate of drug-likeness (QED) is 0.788. The second kappa shape index (κ2) is 6.57. The maximum Gasteiger partial charge on any atom is 0.230 e. The van der Waals surface area contributed by atoms with Crippen molar-refractivity contribution in [2.24, 2.45) is 0 Å². The minimum absolute atomic E-state index is 0.0699. The second-order valence-electron chi connectivity index (χ2n) is 6.44. The summed E-state index contributed by atoms with van der Waals surface area (Å²) in [5.41, 5.74) is 4.30. The van der Waals surface area contributed by atoms with Crippen LogP contribution in [-0.4, -0.2) is 34.2 Å². The molecule has 0 bridgehead atoms. The number of anilines is 1. The van der Waals surface area contributed by atoms with E-state index in [1.807, 2.05) is 18.2 Å². The molecule has 0 aromatic carbocycles. The van der Waals surface area contributed by atoms with Gasteiger partial charge in [0.1, 0.15) is 0 Å². The lowest BCUT2D eigenvalue weighted by atomic mass is 10.0. The molecule has 0 spiro atoms. The summed E-state index contributed by atoms with van der Waals surface area (Å²) in [5, 5.41) is 13.3. The van der Waals surface area contributed by atoms with E-state index < -0.39 is 0 Å². The molecule has 3 heterocycles. The number of H-pyrrole nitrogens is 1. The molecule has 4 rings (SSSR count). The van der Waals surface area contributed by atoms with Gasteiger partial charge in [0.25, 0.3) is 0 Å². The van der Waals surface area contributed by atoms with Crippen LogP contribution >= 0.6 is 0 Å². The lowest BCUT2D eigenvalue weighted by Crippen LogP contribution is -2.20. The molecule has 1 saturated carbocycles. The van der Waals surface area contributed by atoms with Crippen molar-refractivity contribution >= 4 is 17.3 Å². The monoisotopic (exact) mass is 323 g/mol. The zero-order valence-electron chi connectivity index (χ0n) is 13.5. The normalized spacial score (nSPS) is 17.4. The molecule has 6 heteroatoms. The summed E-state index contributed by atoms with van der Waals surface area (Å²) < 4.78 is 0. The fraction of sp³-hybridized carbons (Fsp3) is 0.389. The van der Waals surface area contributed by atoms with Gasteiger partial charge in [0.15, 0.2) is 5.82 Å². The maximum atomic E-state index is 12.2. The van der Waals surface area contributed by atoms with Crippen LogP contribution in [0, 0.1) is 0 Å². The fourth-order valence-corrected chi connectivity index (χ4v) is 2.95. The minimum atomic E-state index is -0.0699. The molecule has 24 heavy (non-hydrogen) atoms. The zero-order chi connectivity index (χ0) is 16.4. The lowest BCUT2D eigenvalue weighted by Gasteiger charge is -2.13. The van der Waals surface area contributed by atoms with E-state index in [9.17, 15) is 4.79 Å². The highest BCUT2D eigenvalue weighted by molar-refractivity contribution is 5.91. The predicted molar refractivity (Wildman–Crippen MR) is 92.6 cm³/mol. The maximum absolute atomic E-state index is 12.2. The third-order valence-corrected chi connectivity index (χ3v) is 4.46. The van der Waals surface area contributed by atoms with Gasteiger partial charge >= 0.3 is 0 Å². The Kier molecular flexibility index (Phi) is 4.13. The van der Waals surface area contributed by atoms with Gasteiger partial charge in [-0.3, -0.25) is 14.9 Å². The number of carbonyl (C=O) groups is 1. The molecule has 0 radical (unpaired) electrons. The van der Waals surface area contributed by atoms with Crippen LogP contribution in [0.2, 0.25) is 0 Å². The first-order valence-electron chi connectivity index (χ1n) is 8.48. The lowest BCUT2D eigenvalue weighted by molar-refractivity contribution is -0.115. The minimum Gasteiger partial charge on any atom is -0.313 e. The van der Waals surface area contributed by atoms with Gasteiger partial charge < -0.3 is 10.6 Å². The summed E-state index contributed by atoms with van der Waals surface area (Å²) in [6.45, 7) is 1.89. The molecular formula is C18H21N5O. The third-order valence-electron chi connectivity index (χ3n) is 4.46. The first kappa shape index (κ1) is 15.1. The number of carbonyl (C=O) groups excluding carboxylic acids is 1. The van der Waals surface area contributed by atoms with Crippen LogP contribution in [0.3, 0.4) is 0 Å². The first-order chi connectivity index (χ1) is 11.8. The molecule has 124 valence electrons. The van der Waals surface area contributed by atoms with Crippen molar-refractivity contribution in [2.45, 2.75) is 31.6 Å². The van der Waals surface area contributed by atoms with Crippen molar-refractivity contribution in [3.8, 4) is 0 Å². The molecule has 1 aliphatic heterocycles. The SMILES string of the molecule is O=C(Cc1ccc(C2=CCNCC2)nc1)Nc1cc(C2CC2)[nH]n1. The highest BCUT2D eigenvalue weighted by Gasteiger charge is 2.25. The molecule has 0 unspecified atom stereocenters. The van der Waals surface area contributed by atoms with E-state index in [2.05, 4.69) is 31.9 Å². The molecule has 0 atom stereocenters. The van der Waals surface area contributed by atoms with Crippen molar-refractivity contribution in [3.05, 3.63) is 47.4 Å². The summed E-state index contributed by atoms with van der Waals surface area (Å²) >= 11 is 0. The van der Waals surface area contributed by atoms with Crippen LogP contribution in [0.1, 0.15) is 42.1 Å². The molecule has 1 fully saturated rings. The Labute approximate surface area is 140 Å². The van der Waals surface area contributed by atoms with Crippen LogP contribution in [0.15, 0.2) is 30.5 Å². The van der Waals surface area contributed by atoms with Crippen molar-refractivity contribution in [1.29, 1.82) is 0 Å². The number of amides is 1. The highest BCUT2D eigenvalue weighted by Crippen LogP contribution is 2.39. The number of rotatable bonds is 5. The molecule has 6 nitrogen and oxygen atoms in total. The number of hydrogen-bond donors (Lipinski definition) is 3. The molecule has 2 aliphatic rings. The van der Waals surface area contributed by atoms with E-state index in [1.54, 1.807) is 6.20 Å². The summed E-state index contributed by atoms with van der Waals surface area (Å²) in [4.78, 5) is 16.7. The van der Waals surface area contributed by atoms with E-state index >= 15 is 0 Å². The van der Waals surface area contributed by atoms with E-state index in [0.29, 0.717) is 18.2 Å². The molecule has 2 aromatic heterocycles. The Balaban J connectivity index is 1.35. The van der Waals surface area contributed by atoms with Crippen molar-refractivity contribution in [1.82, 2.24) is 20.5 Å². The van der Waals surface area contributed by atoms with Crippen LogP contribution < -0.4 is 10.6 Å². The van der Waals surface area contributed by atoms with Crippen LogP contribution in [0.25, 0.3) is 5.57 Å². The molecule has 1 amide bonds. The van der Waals surface area contributed by atoms with E-state index in [4.69, 9.17) is 0 Å². The van der Waals surface area contributed by atoms with Gasteiger partial charge in [-0.25, -0.2) is 0 Å². The van der Waals surface area contributed by atoms with Crippen molar-refractivity contribution in [2.75, 3.05) is 18.4 Å². The number of hydrogen-bond acceptors (Lipinski definition) is 4. The standard InChI is InChI=1S/C18H21N5O/c24-18(21-17-10-16(22-23-17)13-2-3-13)9-12-1-4-15(20-11-12)14-5-7-19-8-6-14/h1,4-5,10-11,13,19H,2-3,6-9H2,(H2,21,22,23,24). The zero-order valence-corrected chi connectivity index (χ0v) is 13.5. The van der Waals surface area contributed by atoms with E-state index in [1.165, 1.54) is 18.4 Å². The van der Waals surface area contributed by atoms with Crippen LogP contribution in [-0.2, 0) is 11.2 Å². The van der Waals surface area contributed by atoms with E-state index in [-0.39, 0.29) is 5.91 Å². The van der Waals surface area contributed by atoms with Gasteiger partial charge in [0.2, 0.25) is 5.91 Å². The Hall–Kier alpha value is -2.47. The van der Waals surface area contributed by atoms with Gasteiger partial charge in [0, 0.05) is 30.4 Å². The molecule has 1 aliphatic carbocycles. The van der Waals surface area contributed by atoms with Crippen molar-refractivity contribution in [3.63, 3.8) is 0 Å². The smallest absolute Gasteiger partial charge is 0.230 e. The topological polar surface area (TPSA) is 82.7 Å². The number of pyridine rings is 1. The average molecular weight is 323 g/mol. The summed E-state index contributed by atoms with van der Waals surface area (Å²) in [7, 11) is 0. The fourth-order valence-electron chi connectivity index (χ4n) is 2.95.